The maximum Gasteiger partial charge on any atom is 0.256 e. The van der Waals surface area contributed by atoms with Crippen LogP contribution in [0.5, 0.6) is 17.5 Å². The highest BCUT2D eigenvalue weighted by Crippen LogP contribution is 2.34. The van der Waals surface area contributed by atoms with Crippen LogP contribution in [0.15, 0.2) is 43.0 Å². The van der Waals surface area contributed by atoms with Crippen molar-refractivity contribution in [2.75, 3.05) is 27.4 Å². The highest BCUT2D eigenvalue weighted by Gasteiger charge is 2.34. The van der Waals surface area contributed by atoms with Gasteiger partial charge >= 0.3 is 0 Å². The normalized spacial score (nSPS) is 15.1. The summed E-state index contributed by atoms with van der Waals surface area (Å²) < 4.78 is 19.4. The van der Waals surface area contributed by atoms with Crippen LogP contribution in [0.3, 0.4) is 0 Å². The number of hydrogen-bond donors (Lipinski definition) is 1. The van der Waals surface area contributed by atoms with Gasteiger partial charge in [0, 0.05) is 29.6 Å². The minimum atomic E-state index is 0.108. The van der Waals surface area contributed by atoms with E-state index in [2.05, 4.69) is 17.0 Å². The van der Waals surface area contributed by atoms with Gasteiger partial charge < -0.3 is 19.3 Å². The van der Waals surface area contributed by atoms with Gasteiger partial charge in [0.05, 0.1) is 62.5 Å². The standard InChI is InChI=1S/C22H23N5O4/c1-22(12-31-13-22)11-26-9-15(8-24-26)27-10-18-16(21(27)28)4-5-17(25-18)14-6-19(29-2)20(30-3)23-7-14/h4-10,28H,11-13H2,1-3H3. The lowest BCUT2D eigenvalue weighted by Crippen LogP contribution is -2.43. The molecule has 0 radical (unpaired) electrons. The van der Waals surface area contributed by atoms with Crippen molar-refractivity contribution in [2.45, 2.75) is 13.5 Å². The Balaban J connectivity index is 1.48. The maximum absolute atomic E-state index is 10.8. The minimum absolute atomic E-state index is 0.108. The van der Waals surface area contributed by atoms with Gasteiger partial charge in [-0.3, -0.25) is 9.25 Å². The van der Waals surface area contributed by atoms with E-state index in [0.29, 0.717) is 28.2 Å². The molecule has 31 heavy (non-hydrogen) atoms. The zero-order valence-electron chi connectivity index (χ0n) is 17.6. The molecule has 0 saturated carbocycles. The molecule has 0 amide bonds. The molecular formula is C22H23N5O4. The molecule has 0 unspecified atom stereocenters. The monoisotopic (exact) mass is 421 g/mol. The summed E-state index contributed by atoms with van der Waals surface area (Å²) in [5, 5.41) is 15.9. The van der Waals surface area contributed by atoms with E-state index >= 15 is 0 Å². The van der Waals surface area contributed by atoms with E-state index in [0.717, 1.165) is 31.0 Å². The largest absolute Gasteiger partial charge is 0.494 e. The number of rotatable bonds is 6. The number of aromatic nitrogens is 5. The van der Waals surface area contributed by atoms with Crippen LogP contribution in [0, 0.1) is 5.41 Å². The predicted octanol–water partition coefficient (Wildman–Crippen LogP) is 3.04. The summed E-state index contributed by atoms with van der Waals surface area (Å²) in [7, 11) is 3.11. The fraction of sp³-hybridized carbons (Fsp3) is 0.318. The van der Waals surface area contributed by atoms with Crippen LogP contribution in [0.2, 0.25) is 0 Å². The van der Waals surface area contributed by atoms with E-state index in [1.807, 2.05) is 29.1 Å². The van der Waals surface area contributed by atoms with E-state index in [9.17, 15) is 5.11 Å². The third-order valence-electron chi connectivity index (χ3n) is 5.52. The van der Waals surface area contributed by atoms with Gasteiger partial charge in [-0.2, -0.15) is 5.10 Å². The van der Waals surface area contributed by atoms with E-state index in [1.54, 1.807) is 37.4 Å². The third-order valence-corrected chi connectivity index (χ3v) is 5.52. The quantitative estimate of drug-likeness (QED) is 0.511. The van der Waals surface area contributed by atoms with Crippen LogP contribution in [0.25, 0.3) is 27.8 Å². The molecule has 4 aromatic rings. The van der Waals surface area contributed by atoms with Crippen molar-refractivity contribution in [2.24, 2.45) is 5.41 Å². The van der Waals surface area contributed by atoms with Gasteiger partial charge in [-0.1, -0.05) is 6.92 Å². The summed E-state index contributed by atoms with van der Waals surface area (Å²) in [4.78, 5) is 8.99. The molecule has 9 heteroatoms. The molecule has 160 valence electrons. The first-order valence-corrected chi connectivity index (χ1v) is 9.90. The molecule has 5 rings (SSSR count). The number of nitrogens with zero attached hydrogens (tertiary/aromatic N) is 5. The van der Waals surface area contributed by atoms with Gasteiger partial charge in [0.1, 0.15) is 0 Å². The first kappa shape index (κ1) is 19.4. The zero-order chi connectivity index (χ0) is 21.6. The number of pyridine rings is 2. The molecule has 0 spiro atoms. The van der Waals surface area contributed by atoms with Crippen molar-refractivity contribution in [1.29, 1.82) is 0 Å². The van der Waals surface area contributed by atoms with Crippen LogP contribution in [0.4, 0.5) is 0 Å². The first-order valence-electron chi connectivity index (χ1n) is 9.90. The van der Waals surface area contributed by atoms with E-state index in [1.165, 1.54) is 0 Å². The van der Waals surface area contributed by atoms with Crippen LogP contribution in [-0.2, 0) is 11.3 Å². The molecule has 1 N–H and O–H groups in total. The second-order valence-electron chi connectivity index (χ2n) is 8.09. The summed E-state index contributed by atoms with van der Waals surface area (Å²) in [6.45, 7) is 4.41. The van der Waals surface area contributed by atoms with Gasteiger partial charge in [0.2, 0.25) is 5.88 Å². The second kappa shape index (κ2) is 7.28. The molecule has 5 heterocycles. The van der Waals surface area contributed by atoms with Gasteiger partial charge in [0.25, 0.3) is 5.88 Å². The average molecular weight is 421 g/mol. The van der Waals surface area contributed by atoms with Crippen LogP contribution < -0.4 is 9.47 Å². The Morgan fingerprint density at radius 2 is 2.00 bits per heavy atom. The lowest BCUT2D eigenvalue weighted by atomic mass is 9.89. The summed E-state index contributed by atoms with van der Waals surface area (Å²) in [6.07, 6.45) is 7.14. The van der Waals surface area contributed by atoms with Crippen molar-refractivity contribution < 1.29 is 19.3 Å². The average Bonchev–Trinajstić information content (AvgIpc) is 3.35. The van der Waals surface area contributed by atoms with Gasteiger partial charge in [-0.25, -0.2) is 9.97 Å². The number of hydrogen-bond acceptors (Lipinski definition) is 7. The molecule has 1 aliphatic heterocycles. The summed E-state index contributed by atoms with van der Waals surface area (Å²) in [6, 6.07) is 5.51. The van der Waals surface area contributed by atoms with Crippen molar-refractivity contribution >= 4 is 10.9 Å². The molecule has 1 aliphatic rings. The highest BCUT2D eigenvalue weighted by molar-refractivity contribution is 5.87. The molecule has 1 fully saturated rings. The van der Waals surface area contributed by atoms with Crippen LogP contribution >= 0.6 is 0 Å². The topological polar surface area (TPSA) is 96.5 Å². The van der Waals surface area contributed by atoms with Gasteiger partial charge in [0.15, 0.2) is 5.75 Å². The first-order chi connectivity index (χ1) is 15.0. The van der Waals surface area contributed by atoms with Crippen molar-refractivity contribution in [3.05, 3.63) is 43.0 Å². The Hall–Kier alpha value is -3.59. The molecule has 0 atom stereocenters. The van der Waals surface area contributed by atoms with Crippen molar-refractivity contribution in [3.8, 4) is 34.5 Å². The van der Waals surface area contributed by atoms with Crippen LogP contribution in [0.1, 0.15) is 6.92 Å². The predicted molar refractivity (Wildman–Crippen MR) is 114 cm³/mol. The lowest BCUT2D eigenvalue weighted by Gasteiger charge is -2.37. The van der Waals surface area contributed by atoms with E-state index in [-0.39, 0.29) is 11.3 Å². The lowest BCUT2D eigenvalue weighted by molar-refractivity contribution is -0.111. The number of aromatic hydroxyl groups is 1. The van der Waals surface area contributed by atoms with E-state index in [4.69, 9.17) is 19.2 Å². The Morgan fingerprint density at radius 3 is 2.71 bits per heavy atom. The molecule has 1 saturated heterocycles. The Bertz CT molecular complexity index is 1260. The SMILES string of the molecule is COc1cc(-c2ccc3c(O)n(-c4cnn(CC5(C)COC5)c4)cc3n2)cnc1OC. The zero-order valence-corrected chi connectivity index (χ0v) is 17.6. The third kappa shape index (κ3) is 3.36. The van der Waals surface area contributed by atoms with Crippen LogP contribution in [-0.4, -0.2) is 56.9 Å². The maximum atomic E-state index is 10.8. The fourth-order valence-corrected chi connectivity index (χ4v) is 3.80. The van der Waals surface area contributed by atoms with Crippen molar-refractivity contribution in [1.82, 2.24) is 24.3 Å². The molecular weight excluding hydrogens is 398 g/mol. The van der Waals surface area contributed by atoms with E-state index < -0.39 is 0 Å². The molecule has 9 nitrogen and oxygen atoms in total. The summed E-state index contributed by atoms with van der Waals surface area (Å²) in [5.41, 5.74) is 3.05. The molecule has 4 aromatic heterocycles. The Morgan fingerprint density at radius 1 is 1.16 bits per heavy atom. The molecule has 0 bridgehead atoms. The Kier molecular flexibility index (Phi) is 4.55. The Labute approximate surface area is 178 Å². The molecule has 0 aromatic carbocycles. The van der Waals surface area contributed by atoms with Gasteiger partial charge in [-0.15, -0.1) is 0 Å². The smallest absolute Gasteiger partial charge is 0.256 e. The summed E-state index contributed by atoms with van der Waals surface area (Å²) >= 11 is 0. The number of methoxy groups -OCH3 is 2. The minimum Gasteiger partial charge on any atom is -0.494 e. The number of ether oxygens (including phenoxy) is 3. The highest BCUT2D eigenvalue weighted by atomic mass is 16.5. The van der Waals surface area contributed by atoms with Crippen molar-refractivity contribution in [3.63, 3.8) is 0 Å². The number of fused-ring (bicyclic) bond motifs is 1. The fourth-order valence-electron chi connectivity index (χ4n) is 3.80. The molecule has 0 aliphatic carbocycles. The second-order valence-corrected chi connectivity index (χ2v) is 8.09. The van der Waals surface area contributed by atoms with Gasteiger partial charge in [-0.05, 0) is 18.2 Å². The summed E-state index contributed by atoms with van der Waals surface area (Å²) in [5.74, 6) is 1.06.